The summed E-state index contributed by atoms with van der Waals surface area (Å²) in [5, 5.41) is 8.27. The van der Waals surface area contributed by atoms with E-state index in [2.05, 4.69) is 10.4 Å². The molecule has 0 radical (unpaired) electrons. The van der Waals surface area contributed by atoms with E-state index in [4.69, 9.17) is 9.47 Å². The molecule has 1 aromatic heterocycles. The van der Waals surface area contributed by atoms with Gasteiger partial charge in [0.2, 0.25) is 6.79 Å². The molecular formula is C23H18FN3O3. The molecule has 0 spiro atoms. The quantitative estimate of drug-likeness (QED) is 0.549. The summed E-state index contributed by atoms with van der Waals surface area (Å²) in [4.78, 5) is 12.7. The molecule has 0 atom stereocenters. The predicted octanol–water partition coefficient (Wildman–Crippen LogP) is 3.88. The second-order valence-electron chi connectivity index (χ2n) is 7.07. The maximum atomic E-state index is 13.1. The second-order valence-corrected chi connectivity index (χ2v) is 7.07. The van der Waals surface area contributed by atoms with Crippen molar-refractivity contribution in [3.63, 3.8) is 0 Å². The monoisotopic (exact) mass is 403 g/mol. The number of rotatable bonds is 5. The molecule has 4 aromatic rings. The number of hydrogen-bond acceptors (Lipinski definition) is 4. The number of hydrogen-bond donors (Lipinski definition) is 1. The maximum absolute atomic E-state index is 13.1. The van der Waals surface area contributed by atoms with E-state index < -0.39 is 0 Å². The van der Waals surface area contributed by atoms with Crippen molar-refractivity contribution >= 4 is 16.8 Å². The van der Waals surface area contributed by atoms with Crippen LogP contribution in [0.25, 0.3) is 10.9 Å². The first-order chi connectivity index (χ1) is 14.7. The molecule has 1 N–H and O–H groups in total. The number of carbonyl (C=O) groups excluding carboxylic acids is 1. The lowest BCUT2D eigenvalue weighted by atomic mass is 10.1. The molecule has 0 fully saturated rings. The van der Waals surface area contributed by atoms with Gasteiger partial charge in [0.15, 0.2) is 11.5 Å². The summed E-state index contributed by atoms with van der Waals surface area (Å²) in [5.41, 5.74) is 3.24. The molecule has 7 heteroatoms. The molecule has 6 nitrogen and oxygen atoms in total. The van der Waals surface area contributed by atoms with E-state index in [1.807, 2.05) is 30.3 Å². The summed E-state index contributed by atoms with van der Waals surface area (Å²) >= 11 is 0. The van der Waals surface area contributed by atoms with Gasteiger partial charge in [-0.2, -0.15) is 5.10 Å². The van der Waals surface area contributed by atoms with Gasteiger partial charge in [-0.3, -0.25) is 9.48 Å². The smallest absolute Gasteiger partial charge is 0.251 e. The minimum atomic E-state index is -0.273. The lowest BCUT2D eigenvalue weighted by molar-refractivity contribution is 0.0951. The summed E-state index contributed by atoms with van der Waals surface area (Å²) in [6.45, 7) is 1.09. The number of nitrogens with zero attached hydrogens (tertiary/aromatic N) is 2. The number of halogens is 1. The molecule has 0 aliphatic carbocycles. The van der Waals surface area contributed by atoms with Gasteiger partial charge in [0, 0.05) is 17.5 Å². The molecule has 30 heavy (non-hydrogen) atoms. The molecule has 1 aliphatic rings. The van der Waals surface area contributed by atoms with Crippen LogP contribution < -0.4 is 14.8 Å². The SMILES string of the molecule is O=C(NCc1ccc2c(c1)OCO2)c1ccc2cnn(Cc3ccc(F)cc3)c2c1. The van der Waals surface area contributed by atoms with Gasteiger partial charge in [0.1, 0.15) is 5.82 Å². The van der Waals surface area contributed by atoms with Crippen LogP contribution in [0.5, 0.6) is 11.5 Å². The van der Waals surface area contributed by atoms with Gasteiger partial charge in [-0.25, -0.2) is 4.39 Å². The van der Waals surface area contributed by atoms with Crippen LogP contribution >= 0.6 is 0 Å². The number of aromatic nitrogens is 2. The molecule has 0 bridgehead atoms. The van der Waals surface area contributed by atoms with Gasteiger partial charge in [0.25, 0.3) is 5.91 Å². The van der Waals surface area contributed by atoms with E-state index in [0.29, 0.717) is 30.2 Å². The number of amides is 1. The van der Waals surface area contributed by atoms with Gasteiger partial charge < -0.3 is 14.8 Å². The third-order valence-electron chi connectivity index (χ3n) is 5.04. The molecule has 1 aliphatic heterocycles. The fourth-order valence-electron chi connectivity index (χ4n) is 3.44. The van der Waals surface area contributed by atoms with Crippen LogP contribution in [0.2, 0.25) is 0 Å². The predicted molar refractivity (Wildman–Crippen MR) is 109 cm³/mol. The lowest BCUT2D eigenvalue weighted by Crippen LogP contribution is -2.22. The second kappa shape index (κ2) is 7.51. The van der Waals surface area contributed by atoms with Gasteiger partial charge in [-0.15, -0.1) is 0 Å². The van der Waals surface area contributed by atoms with Crippen LogP contribution in [0.3, 0.4) is 0 Å². The Bertz CT molecular complexity index is 1230. The third-order valence-corrected chi connectivity index (χ3v) is 5.04. The average Bonchev–Trinajstić information content (AvgIpc) is 3.40. The fraction of sp³-hybridized carbons (Fsp3) is 0.130. The van der Waals surface area contributed by atoms with Crippen LogP contribution in [0.4, 0.5) is 4.39 Å². The molecule has 0 saturated heterocycles. The maximum Gasteiger partial charge on any atom is 0.251 e. The highest BCUT2D eigenvalue weighted by atomic mass is 19.1. The molecule has 0 unspecified atom stereocenters. The van der Waals surface area contributed by atoms with Crippen LogP contribution in [0, 0.1) is 5.82 Å². The van der Waals surface area contributed by atoms with Crippen LogP contribution in [-0.4, -0.2) is 22.5 Å². The summed E-state index contributed by atoms with van der Waals surface area (Å²) in [7, 11) is 0. The fourth-order valence-corrected chi connectivity index (χ4v) is 3.44. The number of fused-ring (bicyclic) bond motifs is 2. The van der Waals surface area contributed by atoms with Crippen molar-refractivity contribution in [2.24, 2.45) is 0 Å². The first-order valence-electron chi connectivity index (χ1n) is 9.52. The van der Waals surface area contributed by atoms with E-state index in [-0.39, 0.29) is 18.5 Å². The number of nitrogens with one attached hydrogen (secondary N) is 1. The summed E-state index contributed by atoms with van der Waals surface area (Å²) < 4.78 is 25.6. The van der Waals surface area contributed by atoms with Crippen molar-refractivity contribution in [2.75, 3.05) is 6.79 Å². The van der Waals surface area contributed by atoms with Crippen molar-refractivity contribution in [1.82, 2.24) is 15.1 Å². The van der Waals surface area contributed by atoms with Gasteiger partial charge in [-0.1, -0.05) is 24.3 Å². The van der Waals surface area contributed by atoms with Crippen molar-refractivity contribution < 1.29 is 18.7 Å². The largest absolute Gasteiger partial charge is 0.454 e. The Morgan fingerprint density at radius 1 is 1.00 bits per heavy atom. The minimum Gasteiger partial charge on any atom is -0.454 e. The van der Waals surface area contributed by atoms with E-state index in [9.17, 15) is 9.18 Å². The zero-order valence-electron chi connectivity index (χ0n) is 16.0. The topological polar surface area (TPSA) is 65.4 Å². The van der Waals surface area contributed by atoms with Gasteiger partial charge >= 0.3 is 0 Å². The Balaban J connectivity index is 1.32. The first-order valence-corrected chi connectivity index (χ1v) is 9.52. The van der Waals surface area contributed by atoms with E-state index >= 15 is 0 Å². The minimum absolute atomic E-state index is 0.177. The van der Waals surface area contributed by atoms with Gasteiger partial charge in [-0.05, 0) is 47.5 Å². The highest BCUT2D eigenvalue weighted by Crippen LogP contribution is 2.32. The molecule has 5 rings (SSSR count). The number of benzene rings is 3. The van der Waals surface area contributed by atoms with E-state index in [0.717, 1.165) is 22.0 Å². The summed E-state index contributed by atoms with van der Waals surface area (Å²) in [5.74, 6) is 0.951. The zero-order valence-corrected chi connectivity index (χ0v) is 16.0. The molecule has 150 valence electrons. The Hall–Kier alpha value is -3.87. The lowest BCUT2D eigenvalue weighted by Gasteiger charge is -2.08. The van der Waals surface area contributed by atoms with Crippen molar-refractivity contribution in [2.45, 2.75) is 13.1 Å². The molecule has 3 aromatic carbocycles. The van der Waals surface area contributed by atoms with Crippen LogP contribution in [0.1, 0.15) is 21.5 Å². The van der Waals surface area contributed by atoms with E-state index in [1.54, 1.807) is 29.1 Å². The number of ether oxygens (including phenoxy) is 2. The van der Waals surface area contributed by atoms with E-state index in [1.165, 1.54) is 12.1 Å². The number of carbonyl (C=O) groups is 1. The standard InChI is InChI=1S/C23H18FN3O3/c24-19-6-1-15(2-7-19)13-27-20-10-17(4-5-18(20)12-26-27)23(28)25-11-16-3-8-21-22(9-16)30-14-29-21/h1-10,12H,11,13-14H2,(H,25,28). The Morgan fingerprint density at radius 2 is 1.80 bits per heavy atom. The molecule has 1 amide bonds. The zero-order chi connectivity index (χ0) is 20.5. The van der Waals surface area contributed by atoms with Crippen molar-refractivity contribution in [1.29, 1.82) is 0 Å². The van der Waals surface area contributed by atoms with Crippen LogP contribution in [-0.2, 0) is 13.1 Å². The van der Waals surface area contributed by atoms with Gasteiger partial charge in [0.05, 0.1) is 18.3 Å². The highest BCUT2D eigenvalue weighted by molar-refractivity contribution is 5.97. The average molecular weight is 403 g/mol. The van der Waals surface area contributed by atoms with Crippen molar-refractivity contribution in [3.05, 3.63) is 89.4 Å². The molecular weight excluding hydrogens is 385 g/mol. The molecule has 2 heterocycles. The Morgan fingerprint density at radius 3 is 2.67 bits per heavy atom. The Labute approximate surface area is 171 Å². The van der Waals surface area contributed by atoms with Crippen molar-refractivity contribution in [3.8, 4) is 11.5 Å². The van der Waals surface area contributed by atoms with Crippen LogP contribution in [0.15, 0.2) is 66.9 Å². The highest BCUT2D eigenvalue weighted by Gasteiger charge is 2.14. The third kappa shape index (κ3) is 3.57. The summed E-state index contributed by atoms with van der Waals surface area (Å²) in [6, 6.07) is 17.4. The first kappa shape index (κ1) is 18.2. The normalized spacial score (nSPS) is 12.3. The molecule has 0 saturated carbocycles. The Kier molecular flexibility index (Phi) is 4.55. The summed E-state index contributed by atoms with van der Waals surface area (Å²) in [6.07, 6.45) is 1.76.